The van der Waals surface area contributed by atoms with Gasteiger partial charge in [-0.15, -0.1) is 11.3 Å². The van der Waals surface area contributed by atoms with Crippen LogP contribution in [0.15, 0.2) is 24.3 Å². The lowest BCUT2D eigenvalue weighted by atomic mass is 10.2. The average Bonchev–Trinajstić information content (AvgIpc) is 2.75. The van der Waals surface area contributed by atoms with E-state index in [2.05, 4.69) is 37.2 Å². The van der Waals surface area contributed by atoms with E-state index in [1.807, 2.05) is 6.07 Å². The molecule has 0 unspecified atom stereocenters. The summed E-state index contributed by atoms with van der Waals surface area (Å²) < 4.78 is 14.2. The van der Waals surface area contributed by atoms with E-state index in [0.717, 1.165) is 36.3 Å². The maximum atomic E-state index is 13.2. The van der Waals surface area contributed by atoms with Crippen LogP contribution in [0.1, 0.15) is 18.7 Å². The zero-order chi connectivity index (χ0) is 14.5. The van der Waals surface area contributed by atoms with E-state index >= 15 is 0 Å². The van der Waals surface area contributed by atoms with Gasteiger partial charge in [0.05, 0.1) is 0 Å². The number of fused-ring (bicyclic) bond motifs is 1. The lowest BCUT2D eigenvalue weighted by Gasteiger charge is -2.16. The number of hydrogen-bond acceptors (Lipinski definition) is 3. The Hall–Kier alpha value is -0.970. The van der Waals surface area contributed by atoms with E-state index < -0.39 is 0 Å². The molecule has 110 valence electrons. The molecule has 1 aromatic carbocycles. The number of thiophene rings is 1. The second kappa shape index (κ2) is 7.16. The molecule has 4 heteroatoms. The van der Waals surface area contributed by atoms with Gasteiger partial charge < -0.3 is 10.2 Å². The first kappa shape index (κ1) is 15.4. The van der Waals surface area contributed by atoms with Crippen molar-refractivity contribution in [3.8, 4) is 0 Å². The van der Waals surface area contributed by atoms with Gasteiger partial charge in [-0.3, -0.25) is 0 Å². The highest BCUT2D eigenvalue weighted by atomic mass is 32.1. The number of halogens is 1. The number of likely N-dealkylation sites (N-methyl/N-ethyl adjacent to an activating group) is 1. The van der Waals surface area contributed by atoms with Gasteiger partial charge >= 0.3 is 0 Å². The molecule has 1 heterocycles. The number of rotatable bonds is 7. The van der Waals surface area contributed by atoms with Crippen molar-refractivity contribution in [1.82, 2.24) is 10.2 Å². The van der Waals surface area contributed by atoms with Crippen LogP contribution < -0.4 is 5.32 Å². The fourth-order valence-electron chi connectivity index (χ4n) is 2.14. The molecule has 0 bridgehead atoms. The fourth-order valence-corrected chi connectivity index (χ4v) is 3.31. The van der Waals surface area contributed by atoms with Crippen LogP contribution in [0, 0.1) is 11.7 Å². The molecule has 0 saturated heterocycles. The van der Waals surface area contributed by atoms with Crippen molar-refractivity contribution in [2.45, 2.75) is 20.4 Å². The molecule has 2 aromatic rings. The van der Waals surface area contributed by atoms with Gasteiger partial charge in [-0.1, -0.05) is 19.9 Å². The largest absolute Gasteiger partial charge is 0.315 e. The van der Waals surface area contributed by atoms with Crippen LogP contribution in [-0.2, 0) is 6.54 Å². The van der Waals surface area contributed by atoms with E-state index in [0.29, 0.717) is 5.92 Å². The Labute approximate surface area is 124 Å². The van der Waals surface area contributed by atoms with Gasteiger partial charge in [0.1, 0.15) is 5.82 Å². The first-order chi connectivity index (χ1) is 9.54. The second-order valence-corrected chi connectivity index (χ2v) is 6.90. The molecule has 0 atom stereocenters. The lowest BCUT2D eigenvalue weighted by molar-refractivity contribution is 0.324. The van der Waals surface area contributed by atoms with Crippen LogP contribution in [-0.4, -0.2) is 31.6 Å². The maximum Gasteiger partial charge on any atom is 0.124 e. The van der Waals surface area contributed by atoms with E-state index in [9.17, 15) is 4.39 Å². The quantitative estimate of drug-likeness (QED) is 0.783. The predicted molar refractivity (Wildman–Crippen MR) is 85.8 cm³/mol. The Morgan fingerprint density at radius 2 is 2.10 bits per heavy atom. The Kier molecular flexibility index (Phi) is 5.52. The molecular weight excluding hydrogens is 271 g/mol. The molecule has 0 fully saturated rings. The summed E-state index contributed by atoms with van der Waals surface area (Å²) >= 11 is 1.68. The Morgan fingerprint density at radius 3 is 2.85 bits per heavy atom. The molecule has 0 spiro atoms. The van der Waals surface area contributed by atoms with E-state index in [1.54, 1.807) is 17.4 Å². The predicted octanol–water partition coefficient (Wildman–Crippen LogP) is 3.72. The molecule has 0 radical (unpaired) electrons. The Bertz CT molecular complexity index is 550. The van der Waals surface area contributed by atoms with E-state index in [1.165, 1.54) is 10.9 Å². The van der Waals surface area contributed by atoms with Crippen molar-refractivity contribution < 1.29 is 4.39 Å². The van der Waals surface area contributed by atoms with Crippen molar-refractivity contribution in [3.63, 3.8) is 0 Å². The first-order valence-corrected chi connectivity index (χ1v) is 7.93. The highest BCUT2D eigenvalue weighted by molar-refractivity contribution is 7.19. The monoisotopic (exact) mass is 294 g/mol. The molecule has 0 amide bonds. The summed E-state index contributed by atoms with van der Waals surface area (Å²) in [6.45, 7) is 8.45. The third-order valence-electron chi connectivity index (χ3n) is 3.18. The smallest absolute Gasteiger partial charge is 0.124 e. The Morgan fingerprint density at radius 1 is 1.30 bits per heavy atom. The third-order valence-corrected chi connectivity index (χ3v) is 4.26. The second-order valence-electron chi connectivity index (χ2n) is 5.73. The van der Waals surface area contributed by atoms with Gasteiger partial charge in [-0.2, -0.15) is 0 Å². The lowest BCUT2D eigenvalue weighted by Crippen LogP contribution is -2.30. The molecule has 1 N–H and O–H groups in total. The van der Waals surface area contributed by atoms with Crippen molar-refractivity contribution in [2.75, 3.05) is 26.7 Å². The first-order valence-electron chi connectivity index (χ1n) is 7.12. The van der Waals surface area contributed by atoms with Crippen LogP contribution in [0.3, 0.4) is 0 Å². The molecule has 2 nitrogen and oxygen atoms in total. The number of hydrogen-bond donors (Lipinski definition) is 1. The van der Waals surface area contributed by atoms with Crippen LogP contribution in [0.2, 0.25) is 0 Å². The van der Waals surface area contributed by atoms with Gasteiger partial charge in [0.15, 0.2) is 0 Å². The van der Waals surface area contributed by atoms with Gasteiger partial charge in [-0.05, 0) is 43.1 Å². The topological polar surface area (TPSA) is 15.3 Å². The summed E-state index contributed by atoms with van der Waals surface area (Å²) in [4.78, 5) is 3.59. The maximum absolute atomic E-state index is 13.2. The molecule has 0 saturated carbocycles. The standard InChI is InChI=1S/C16H23FN2S/c1-12(2)10-18-6-7-19(3)11-15-8-13-4-5-14(17)9-16(13)20-15/h4-5,8-9,12,18H,6-7,10-11H2,1-3H3. The van der Waals surface area contributed by atoms with E-state index in [-0.39, 0.29) is 5.82 Å². The van der Waals surface area contributed by atoms with Gasteiger partial charge in [-0.25, -0.2) is 4.39 Å². The van der Waals surface area contributed by atoms with Crippen LogP contribution in [0.25, 0.3) is 10.1 Å². The third kappa shape index (κ3) is 4.54. The normalized spacial score (nSPS) is 11.9. The number of nitrogens with zero attached hydrogens (tertiary/aromatic N) is 1. The van der Waals surface area contributed by atoms with Gasteiger partial charge in [0, 0.05) is 29.2 Å². The highest BCUT2D eigenvalue weighted by Crippen LogP contribution is 2.26. The van der Waals surface area contributed by atoms with Crippen LogP contribution in [0.5, 0.6) is 0 Å². The van der Waals surface area contributed by atoms with Gasteiger partial charge in [0.25, 0.3) is 0 Å². The van der Waals surface area contributed by atoms with Crippen molar-refractivity contribution in [1.29, 1.82) is 0 Å². The zero-order valence-corrected chi connectivity index (χ0v) is 13.3. The van der Waals surface area contributed by atoms with E-state index in [4.69, 9.17) is 0 Å². The minimum atomic E-state index is -0.155. The highest BCUT2D eigenvalue weighted by Gasteiger charge is 2.06. The van der Waals surface area contributed by atoms with Crippen molar-refractivity contribution >= 4 is 21.4 Å². The molecule has 20 heavy (non-hydrogen) atoms. The minimum absolute atomic E-state index is 0.155. The van der Waals surface area contributed by atoms with Crippen LogP contribution >= 0.6 is 11.3 Å². The summed E-state index contributed by atoms with van der Waals surface area (Å²) in [7, 11) is 2.13. The average molecular weight is 294 g/mol. The fraction of sp³-hybridized carbons (Fsp3) is 0.500. The zero-order valence-electron chi connectivity index (χ0n) is 12.4. The summed E-state index contributed by atoms with van der Waals surface area (Å²) in [5, 5.41) is 4.58. The molecule has 0 aliphatic rings. The summed E-state index contributed by atoms with van der Waals surface area (Å²) in [5.74, 6) is 0.537. The molecule has 0 aliphatic carbocycles. The molecule has 0 aliphatic heterocycles. The van der Waals surface area contributed by atoms with Crippen LogP contribution in [0.4, 0.5) is 4.39 Å². The number of nitrogens with one attached hydrogen (secondary N) is 1. The van der Waals surface area contributed by atoms with Crippen molar-refractivity contribution in [3.05, 3.63) is 35.0 Å². The summed E-state index contributed by atoms with van der Waals surface area (Å²) in [6, 6.07) is 7.17. The number of benzene rings is 1. The molecule has 2 rings (SSSR count). The Balaban J connectivity index is 1.84. The molecular formula is C16H23FN2S. The van der Waals surface area contributed by atoms with Crippen molar-refractivity contribution in [2.24, 2.45) is 5.92 Å². The van der Waals surface area contributed by atoms with Gasteiger partial charge in [0.2, 0.25) is 0 Å². The summed E-state index contributed by atoms with van der Waals surface area (Å²) in [6.07, 6.45) is 0. The minimum Gasteiger partial charge on any atom is -0.315 e. The SMILES string of the molecule is CC(C)CNCCN(C)Cc1cc2ccc(F)cc2s1. The molecule has 1 aromatic heterocycles. The summed E-state index contributed by atoms with van der Waals surface area (Å²) in [5.41, 5.74) is 0.